The molecule has 0 aliphatic heterocycles. The Balaban J connectivity index is 1.90. The summed E-state index contributed by atoms with van der Waals surface area (Å²) in [5.74, 6) is 0. The Morgan fingerprint density at radius 1 is 0.875 bits per heavy atom. The fourth-order valence-corrected chi connectivity index (χ4v) is 3.19. The molecule has 3 heteroatoms. The summed E-state index contributed by atoms with van der Waals surface area (Å²) in [5.41, 5.74) is 5.62. The molecule has 0 unspecified atom stereocenters. The second-order valence-electron chi connectivity index (χ2n) is 5.98. The number of halogens is 1. The lowest BCUT2D eigenvalue weighted by molar-refractivity contribution is 0.703. The third-order valence-electron chi connectivity index (χ3n) is 4.25. The van der Waals surface area contributed by atoms with Crippen molar-refractivity contribution in [3.63, 3.8) is 0 Å². The highest BCUT2D eigenvalue weighted by molar-refractivity contribution is 6.31. The van der Waals surface area contributed by atoms with Crippen LogP contribution in [-0.4, -0.2) is 9.78 Å². The minimum absolute atomic E-state index is 0.650. The first kappa shape index (κ1) is 15.0. The van der Waals surface area contributed by atoms with E-state index in [1.165, 1.54) is 11.1 Å². The molecule has 0 aliphatic carbocycles. The quantitative estimate of drug-likeness (QED) is 0.469. The molecule has 0 N–H and O–H groups in total. The van der Waals surface area contributed by atoms with Gasteiger partial charge in [-0.05, 0) is 24.6 Å². The van der Waals surface area contributed by atoms with Crippen LogP contribution < -0.4 is 0 Å². The van der Waals surface area contributed by atoms with E-state index >= 15 is 0 Å². The van der Waals surface area contributed by atoms with Crippen molar-refractivity contribution in [2.75, 3.05) is 0 Å². The summed E-state index contributed by atoms with van der Waals surface area (Å²) in [4.78, 5) is 0. The number of nitrogens with zero attached hydrogens (tertiary/aromatic N) is 2. The summed E-state index contributed by atoms with van der Waals surface area (Å²) >= 11 is 6.35. The van der Waals surface area contributed by atoms with Crippen molar-refractivity contribution >= 4 is 22.5 Å². The maximum absolute atomic E-state index is 6.35. The predicted octanol–water partition coefficient (Wildman–Crippen LogP) is 5.71. The monoisotopic (exact) mass is 332 g/mol. The molecule has 24 heavy (non-hydrogen) atoms. The molecule has 2 nitrogen and oxygen atoms in total. The molecule has 0 bridgehead atoms. The van der Waals surface area contributed by atoms with E-state index in [0.29, 0.717) is 6.54 Å². The topological polar surface area (TPSA) is 17.8 Å². The summed E-state index contributed by atoms with van der Waals surface area (Å²) in [6.07, 6.45) is 0. The van der Waals surface area contributed by atoms with Crippen LogP contribution in [0.4, 0.5) is 0 Å². The Labute approximate surface area is 146 Å². The number of aryl methyl sites for hydroxylation is 1. The lowest BCUT2D eigenvalue weighted by Gasteiger charge is -2.10. The molecule has 0 saturated heterocycles. The predicted molar refractivity (Wildman–Crippen MR) is 100 cm³/mol. The molecule has 118 valence electrons. The Morgan fingerprint density at radius 3 is 2.38 bits per heavy atom. The Hall–Kier alpha value is -2.58. The highest BCUT2D eigenvalue weighted by Crippen LogP contribution is 2.30. The number of aromatic nitrogens is 2. The first-order valence-corrected chi connectivity index (χ1v) is 8.36. The van der Waals surface area contributed by atoms with Crippen LogP contribution in [0.25, 0.3) is 22.2 Å². The van der Waals surface area contributed by atoms with Crippen LogP contribution in [0, 0.1) is 6.92 Å². The molecule has 3 aromatic carbocycles. The minimum Gasteiger partial charge on any atom is -0.259 e. The summed E-state index contributed by atoms with van der Waals surface area (Å²) in [6.45, 7) is 2.75. The molecule has 0 atom stereocenters. The Bertz CT molecular complexity index is 1000. The summed E-state index contributed by atoms with van der Waals surface area (Å²) in [7, 11) is 0. The first-order chi connectivity index (χ1) is 11.7. The van der Waals surface area contributed by atoms with Crippen molar-refractivity contribution < 1.29 is 0 Å². The molecule has 1 heterocycles. The van der Waals surface area contributed by atoms with Crippen LogP contribution in [0.5, 0.6) is 0 Å². The van der Waals surface area contributed by atoms with Crippen LogP contribution in [0.1, 0.15) is 11.1 Å². The van der Waals surface area contributed by atoms with Crippen molar-refractivity contribution in [1.82, 2.24) is 9.78 Å². The highest BCUT2D eigenvalue weighted by Gasteiger charge is 2.14. The van der Waals surface area contributed by atoms with Gasteiger partial charge in [0.15, 0.2) is 0 Å². The number of fused-ring (bicyclic) bond motifs is 1. The molecule has 4 rings (SSSR count). The third kappa shape index (κ3) is 2.70. The van der Waals surface area contributed by atoms with Gasteiger partial charge in [0, 0.05) is 16.0 Å². The Morgan fingerprint density at radius 2 is 1.58 bits per heavy atom. The molecule has 0 aliphatic rings. The van der Waals surface area contributed by atoms with E-state index in [1.807, 2.05) is 30.3 Å². The van der Waals surface area contributed by atoms with Crippen molar-refractivity contribution in [3.05, 3.63) is 88.9 Å². The second-order valence-corrected chi connectivity index (χ2v) is 6.39. The van der Waals surface area contributed by atoms with E-state index in [4.69, 9.17) is 16.7 Å². The van der Waals surface area contributed by atoms with E-state index in [0.717, 1.165) is 27.2 Å². The van der Waals surface area contributed by atoms with Gasteiger partial charge in [-0.3, -0.25) is 4.68 Å². The normalized spacial score (nSPS) is 11.1. The van der Waals surface area contributed by atoms with Gasteiger partial charge in [-0.25, -0.2) is 0 Å². The van der Waals surface area contributed by atoms with Gasteiger partial charge >= 0.3 is 0 Å². The largest absolute Gasteiger partial charge is 0.259 e. The third-order valence-corrected chi connectivity index (χ3v) is 4.62. The molecular weight excluding hydrogens is 316 g/mol. The van der Waals surface area contributed by atoms with Gasteiger partial charge in [0.1, 0.15) is 0 Å². The summed E-state index contributed by atoms with van der Waals surface area (Å²) in [5, 5.41) is 6.74. The van der Waals surface area contributed by atoms with Gasteiger partial charge in [0.25, 0.3) is 0 Å². The van der Waals surface area contributed by atoms with Gasteiger partial charge < -0.3 is 0 Å². The van der Waals surface area contributed by atoms with Gasteiger partial charge in [-0.15, -0.1) is 0 Å². The van der Waals surface area contributed by atoms with Gasteiger partial charge in [-0.1, -0.05) is 77.8 Å². The fourth-order valence-electron chi connectivity index (χ4n) is 3.00. The first-order valence-electron chi connectivity index (χ1n) is 7.98. The van der Waals surface area contributed by atoms with Gasteiger partial charge in [0.05, 0.1) is 17.8 Å². The molecule has 0 radical (unpaired) electrons. The lowest BCUT2D eigenvalue weighted by Crippen LogP contribution is -2.04. The molecule has 4 aromatic rings. The average molecular weight is 333 g/mol. The smallest absolute Gasteiger partial charge is 0.0930 e. The zero-order valence-electron chi connectivity index (χ0n) is 13.4. The van der Waals surface area contributed by atoms with Crippen LogP contribution in [0.2, 0.25) is 5.02 Å². The van der Waals surface area contributed by atoms with E-state index < -0.39 is 0 Å². The molecule has 1 aromatic heterocycles. The highest BCUT2D eigenvalue weighted by atomic mass is 35.5. The van der Waals surface area contributed by atoms with Gasteiger partial charge in [-0.2, -0.15) is 5.10 Å². The van der Waals surface area contributed by atoms with Gasteiger partial charge in [0.2, 0.25) is 0 Å². The van der Waals surface area contributed by atoms with E-state index in [1.54, 1.807) is 0 Å². The molecule has 0 spiro atoms. The van der Waals surface area contributed by atoms with Crippen molar-refractivity contribution in [1.29, 1.82) is 0 Å². The molecular formula is C21H17ClN2. The fraction of sp³-hybridized carbons (Fsp3) is 0.0952. The van der Waals surface area contributed by atoms with E-state index in [-0.39, 0.29) is 0 Å². The van der Waals surface area contributed by atoms with Crippen LogP contribution >= 0.6 is 11.6 Å². The standard InChI is InChI=1S/C21H17ClN2/c1-15-10-12-16(13-11-15)21-18-7-3-5-9-20(18)23-24(21)14-17-6-2-4-8-19(17)22/h2-13H,14H2,1H3. The van der Waals surface area contributed by atoms with Crippen LogP contribution in [-0.2, 0) is 6.54 Å². The van der Waals surface area contributed by atoms with E-state index in [9.17, 15) is 0 Å². The second kappa shape index (κ2) is 6.14. The molecule has 0 amide bonds. The van der Waals surface area contributed by atoms with Crippen molar-refractivity contribution in [2.45, 2.75) is 13.5 Å². The lowest BCUT2D eigenvalue weighted by atomic mass is 10.1. The molecule has 0 saturated carbocycles. The maximum Gasteiger partial charge on any atom is 0.0930 e. The summed E-state index contributed by atoms with van der Waals surface area (Å²) in [6, 6.07) is 24.8. The maximum atomic E-state index is 6.35. The Kier molecular flexibility index (Phi) is 3.83. The number of rotatable bonds is 3. The van der Waals surface area contributed by atoms with Crippen molar-refractivity contribution in [2.24, 2.45) is 0 Å². The zero-order valence-corrected chi connectivity index (χ0v) is 14.2. The number of hydrogen-bond acceptors (Lipinski definition) is 1. The minimum atomic E-state index is 0.650. The van der Waals surface area contributed by atoms with Crippen LogP contribution in [0.15, 0.2) is 72.8 Å². The zero-order chi connectivity index (χ0) is 16.5. The summed E-state index contributed by atoms with van der Waals surface area (Å²) < 4.78 is 2.05. The number of hydrogen-bond donors (Lipinski definition) is 0. The SMILES string of the molecule is Cc1ccc(-c2c3ccccc3nn2Cc2ccccc2Cl)cc1. The molecule has 0 fully saturated rings. The van der Waals surface area contributed by atoms with E-state index in [2.05, 4.69) is 54.1 Å². The average Bonchev–Trinajstić information content (AvgIpc) is 2.96. The van der Waals surface area contributed by atoms with Crippen molar-refractivity contribution in [3.8, 4) is 11.3 Å². The van der Waals surface area contributed by atoms with Crippen LogP contribution in [0.3, 0.4) is 0 Å². The number of benzene rings is 3.